The Morgan fingerprint density at radius 2 is 2.25 bits per heavy atom. The summed E-state index contributed by atoms with van der Waals surface area (Å²) in [5.74, 6) is 1.53. The van der Waals surface area contributed by atoms with Crippen LogP contribution in [0, 0.1) is 18.8 Å². The van der Waals surface area contributed by atoms with Crippen LogP contribution in [0.2, 0.25) is 0 Å². The topological polar surface area (TPSA) is 0 Å². The highest BCUT2D eigenvalue weighted by atomic mass is 14.2. The van der Waals surface area contributed by atoms with E-state index in [0.29, 0.717) is 5.92 Å². The smallest absolute Gasteiger partial charge is 0.0320 e. The molecule has 0 spiro atoms. The number of hydrogen-bond acceptors (Lipinski definition) is 0. The lowest BCUT2D eigenvalue weighted by Gasteiger charge is -2.22. The number of rotatable bonds is 2. The maximum absolute atomic E-state index is 4.22. The van der Waals surface area contributed by atoms with Gasteiger partial charge in [-0.25, -0.2) is 0 Å². The van der Waals surface area contributed by atoms with Gasteiger partial charge in [0.25, 0.3) is 0 Å². The summed E-state index contributed by atoms with van der Waals surface area (Å²) in [6.07, 6.45) is 12.7. The van der Waals surface area contributed by atoms with Crippen molar-refractivity contribution in [2.75, 3.05) is 0 Å². The zero-order chi connectivity index (χ0) is 8.81. The molecule has 0 N–H and O–H groups in total. The minimum absolute atomic E-state index is 0.674. The maximum atomic E-state index is 4.22. The zero-order valence-corrected chi connectivity index (χ0v) is 8.26. The van der Waals surface area contributed by atoms with Crippen LogP contribution in [-0.4, -0.2) is 0 Å². The molecule has 0 aliphatic heterocycles. The highest BCUT2D eigenvalue weighted by molar-refractivity contribution is 4.88. The minimum Gasteiger partial charge on any atom is -0.0885 e. The second-order valence-corrected chi connectivity index (χ2v) is 3.92. The largest absolute Gasteiger partial charge is 0.0885 e. The molecule has 1 aliphatic rings. The molecule has 1 aliphatic carbocycles. The average molecular weight is 165 g/mol. The third-order valence-corrected chi connectivity index (χ3v) is 2.99. The van der Waals surface area contributed by atoms with Crippen LogP contribution in [0.25, 0.3) is 0 Å². The molecule has 0 heterocycles. The van der Waals surface area contributed by atoms with Crippen LogP contribution in [0.3, 0.4) is 0 Å². The summed E-state index contributed by atoms with van der Waals surface area (Å²) >= 11 is 0. The Bertz CT molecular complexity index is 135. The number of hydrogen-bond donors (Lipinski definition) is 0. The molecule has 0 amide bonds. The first-order valence-corrected chi connectivity index (χ1v) is 5.32. The molecule has 2 unspecified atom stereocenters. The van der Waals surface area contributed by atoms with Crippen molar-refractivity contribution >= 4 is 0 Å². The molecule has 0 aromatic carbocycles. The third kappa shape index (κ3) is 3.00. The molecule has 0 saturated carbocycles. The standard InChI is InChI=1S/C12H21/c1-3-11(2)12-9-7-5-4-6-8-10-12/h5,7,11-12H,2-4,6,8-10H2,1H3. The van der Waals surface area contributed by atoms with Crippen molar-refractivity contribution in [2.45, 2.75) is 45.4 Å². The minimum atomic E-state index is 0.674. The van der Waals surface area contributed by atoms with Gasteiger partial charge < -0.3 is 0 Å². The van der Waals surface area contributed by atoms with Gasteiger partial charge >= 0.3 is 0 Å². The molecule has 0 fully saturated rings. The normalized spacial score (nSPS) is 27.7. The van der Waals surface area contributed by atoms with E-state index in [1.54, 1.807) is 0 Å². The summed E-state index contributed by atoms with van der Waals surface area (Å²) in [6.45, 7) is 6.47. The van der Waals surface area contributed by atoms with E-state index in [1.165, 1.54) is 38.5 Å². The average Bonchev–Trinajstić information content (AvgIpc) is 2.02. The van der Waals surface area contributed by atoms with E-state index in [0.717, 1.165) is 5.92 Å². The van der Waals surface area contributed by atoms with E-state index in [2.05, 4.69) is 26.0 Å². The monoisotopic (exact) mass is 165 g/mol. The van der Waals surface area contributed by atoms with Gasteiger partial charge in [0.2, 0.25) is 0 Å². The van der Waals surface area contributed by atoms with Gasteiger partial charge in [-0.2, -0.15) is 0 Å². The molecule has 0 bridgehead atoms. The van der Waals surface area contributed by atoms with Crippen LogP contribution >= 0.6 is 0 Å². The van der Waals surface area contributed by atoms with Crippen molar-refractivity contribution in [3.05, 3.63) is 19.1 Å². The molecule has 1 radical (unpaired) electrons. The van der Waals surface area contributed by atoms with Gasteiger partial charge in [-0.3, -0.25) is 0 Å². The molecule has 12 heavy (non-hydrogen) atoms. The van der Waals surface area contributed by atoms with Gasteiger partial charge in [-0.05, 0) is 44.4 Å². The van der Waals surface area contributed by atoms with Crippen molar-refractivity contribution in [3.8, 4) is 0 Å². The lowest BCUT2D eigenvalue weighted by atomic mass is 9.83. The molecule has 0 heteroatoms. The molecular weight excluding hydrogens is 144 g/mol. The molecule has 1 rings (SSSR count). The summed E-state index contributed by atoms with van der Waals surface area (Å²) in [6, 6.07) is 0. The van der Waals surface area contributed by atoms with Crippen LogP contribution in [0.15, 0.2) is 12.2 Å². The fourth-order valence-corrected chi connectivity index (χ4v) is 1.94. The van der Waals surface area contributed by atoms with Crippen molar-refractivity contribution in [1.29, 1.82) is 0 Å². The fraction of sp³-hybridized carbons (Fsp3) is 0.750. The second kappa shape index (κ2) is 5.40. The number of allylic oxidation sites excluding steroid dienone is 2. The quantitative estimate of drug-likeness (QED) is 0.543. The summed E-state index contributed by atoms with van der Waals surface area (Å²) in [5.41, 5.74) is 0. The van der Waals surface area contributed by atoms with Crippen LogP contribution in [-0.2, 0) is 0 Å². The fourth-order valence-electron chi connectivity index (χ4n) is 1.94. The molecule has 0 nitrogen and oxygen atoms in total. The Morgan fingerprint density at radius 1 is 1.42 bits per heavy atom. The Labute approximate surface area is 77.1 Å². The molecular formula is C12H21. The van der Waals surface area contributed by atoms with Crippen molar-refractivity contribution in [2.24, 2.45) is 11.8 Å². The summed E-state index contributed by atoms with van der Waals surface area (Å²) in [5, 5.41) is 0. The van der Waals surface area contributed by atoms with Gasteiger partial charge in [-0.1, -0.05) is 31.9 Å². The SMILES string of the molecule is [CH2]C(CC)C1CC=CCCCC1. The highest BCUT2D eigenvalue weighted by Crippen LogP contribution is 2.26. The van der Waals surface area contributed by atoms with E-state index < -0.39 is 0 Å². The zero-order valence-electron chi connectivity index (χ0n) is 8.26. The van der Waals surface area contributed by atoms with Gasteiger partial charge in [0.05, 0.1) is 0 Å². The lowest BCUT2D eigenvalue weighted by molar-refractivity contribution is 0.345. The highest BCUT2D eigenvalue weighted by Gasteiger charge is 2.14. The van der Waals surface area contributed by atoms with Gasteiger partial charge in [0.15, 0.2) is 0 Å². The summed E-state index contributed by atoms with van der Waals surface area (Å²) < 4.78 is 0. The Morgan fingerprint density at radius 3 is 3.00 bits per heavy atom. The lowest BCUT2D eigenvalue weighted by Crippen LogP contribution is -2.11. The van der Waals surface area contributed by atoms with Crippen LogP contribution in [0.4, 0.5) is 0 Å². The van der Waals surface area contributed by atoms with Gasteiger partial charge in [0, 0.05) is 0 Å². The van der Waals surface area contributed by atoms with Crippen molar-refractivity contribution in [3.63, 3.8) is 0 Å². The first kappa shape index (κ1) is 9.83. The first-order chi connectivity index (χ1) is 5.84. The van der Waals surface area contributed by atoms with E-state index in [4.69, 9.17) is 0 Å². The second-order valence-electron chi connectivity index (χ2n) is 3.92. The van der Waals surface area contributed by atoms with Gasteiger partial charge in [-0.15, -0.1) is 0 Å². The summed E-state index contributed by atoms with van der Waals surface area (Å²) in [7, 11) is 0. The Balaban J connectivity index is 2.39. The van der Waals surface area contributed by atoms with E-state index in [-0.39, 0.29) is 0 Å². The van der Waals surface area contributed by atoms with E-state index in [9.17, 15) is 0 Å². The maximum Gasteiger partial charge on any atom is -0.0320 e. The molecule has 0 saturated heterocycles. The molecule has 2 atom stereocenters. The first-order valence-electron chi connectivity index (χ1n) is 5.32. The van der Waals surface area contributed by atoms with Gasteiger partial charge in [0.1, 0.15) is 0 Å². The predicted molar refractivity (Wildman–Crippen MR) is 54.9 cm³/mol. The van der Waals surface area contributed by atoms with Crippen LogP contribution in [0.1, 0.15) is 45.4 Å². The van der Waals surface area contributed by atoms with Crippen molar-refractivity contribution < 1.29 is 0 Å². The summed E-state index contributed by atoms with van der Waals surface area (Å²) in [4.78, 5) is 0. The third-order valence-electron chi connectivity index (χ3n) is 2.99. The predicted octanol–water partition coefficient (Wildman–Crippen LogP) is 3.98. The molecule has 69 valence electrons. The molecule has 0 aromatic rings. The van der Waals surface area contributed by atoms with E-state index in [1.807, 2.05) is 0 Å². The Hall–Kier alpha value is -0.260. The van der Waals surface area contributed by atoms with Crippen molar-refractivity contribution in [1.82, 2.24) is 0 Å². The molecule has 0 aromatic heterocycles. The Kier molecular flexibility index (Phi) is 4.42. The van der Waals surface area contributed by atoms with Crippen LogP contribution in [0.5, 0.6) is 0 Å². The van der Waals surface area contributed by atoms with Crippen LogP contribution < -0.4 is 0 Å². The van der Waals surface area contributed by atoms with E-state index >= 15 is 0 Å².